The zero-order chi connectivity index (χ0) is 19.4. The van der Waals surface area contributed by atoms with Gasteiger partial charge in [0.15, 0.2) is 0 Å². The highest BCUT2D eigenvalue weighted by atomic mass is 16.5. The van der Waals surface area contributed by atoms with Crippen LogP contribution in [0.1, 0.15) is 21.7 Å². The van der Waals surface area contributed by atoms with Crippen LogP contribution in [-0.2, 0) is 27.3 Å². The van der Waals surface area contributed by atoms with Crippen molar-refractivity contribution < 1.29 is 24.2 Å². The van der Waals surface area contributed by atoms with Gasteiger partial charge in [-0.1, -0.05) is 12.1 Å². The maximum absolute atomic E-state index is 12.1. The molecule has 0 unspecified atom stereocenters. The molecule has 8 nitrogen and oxygen atoms in total. The third kappa shape index (κ3) is 4.30. The van der Waals surface area contributed by atoms with E-state index in [9.17, 15) is 19.5 Å². The number of nitrogens with one attached hydrogen (secondary N) is 1. The molecule has 1 heterocycles. The van der Waals surface area contributed by atoms with Gasteiger partial charge in [-0.15, -0.1) is 0 Å². The Labute approximate surface area is 153 Å². The molecule has 3 rings (SSSR count). The Bertz CT molecular complexity index is 1060. The third-order valence-corrected chi connectivity index (χ3v) is 3.83. The zero-order valence-electron chi connectivity index (χ0n) is 14.4. The van der Waals surface area contributed by atoms with Gasteiger partial charge in [0, 0.05) is 0 Å². The Morgan fingerprint density at radius 3 is 2.59 bits per heavy atom. The number of phenolic OH excluding ortho intramolecular Hbond substituents is 1. The van der Waals surface area contributed by atoms with E-state index in [1.165, 1.54) is 37.4 Å². The van der Waals surface area contributed by atoms with Crippen LogP contribution >= 0.6 is 0 Å². The fraction of sp³-hybridized carbons (Fsp3) is 0.158. The minimum atomic E-state index is -0.541. The van der Waals surface area contributed by atoms with E-state index in [1.807, 2.05) is 0 Å². The van der Waals surface area contributed by atoms with Crippen molar-refractivity contribution in [2.45, 2.75) is 13.0 Å². The first-order valence-corrected chi connectivity index (χ1v) is 8.01. The van der Waals surface area contributed by atoms with Crippen LogP contribution in [0.4, 0.5) is 0 Å². The number of fused-ring (bicyclic) bond motifs is 1. The minimum absolute atomic E-state index is 0.0184. The quantitative estimate of drug-likeness (QED) is 0.658. The molecule has 0 aliphatic rings. The first-order valence-electron chi connectivity index (χ1n) is 8.01. The lowest BCUT2D eigenvalue weighted by molar-refractivity contribution is -0.144. The topological polar surface area (TPSA) is 119 Å². The Hall–Kier alpha value is -3.68. The summed E-state index contributed by atoms with van der Waals surface area (Å²) in [6.45, 7) is -0.218. The maximum atomic E-state index is 12.1. The second-order valence-electron chi connectivity index (χ2n) is 5.74. The molecular weight excluding hydrogens is 352 g/mol. The van der Waals surface area contributed by atoms with E-state index in [0.717, 1.165) is 0 Å². The highest BCUT2D eigenvalue weighted by molar-refractivity contribution is 5.93. The maximum Gasteiger partial charge on any atom is 0.337 e. The van der Waals surface area contributed by atoms with E-state index in [4.69, 9.17) is 4.74 Å². The van der Waals surface area contributed by atoms with Crippen molar-refractivity contribution in [1.29, 1.82) is 0 Å². The van der Waals surface area contributed by atoms with Crippen LogP contribution in [-0.4, -0.2) is 34.1 Å². The van der Waals surface area contributed by atoms with Crippen molar-refractivity contribution in [2.24, 2.45) is 0 Å². The largest absolute Gasteiger partial charge is 0.508 e. The standard InChI is InChI=1S/C19H16N2O6/c1-26-19(25)12-4-7-14-15(9-12)20-16(21-18(14)24)10-27-17(23)8-11-2-5-13(22)6-3-11/h2-7,9,22H,8,10H2,1H3,(H,20,21,24). The molecule has 3 aromatic rings. The second kappa shape index (κ2) is 7.69. The summed E-state index contributed by atoms with van der Waals surface area (Å²) in [5.41, 5.74) is 0.839. The van der Waals surface area contributed by atoms with E-state index in [1.54, 1.807) is 12.1 Å². The Balaban J connectivity index is 1.74. The van der Waals surface area contributed by atoms with Gasteiger partial charge in [0.25, 0.3) is 5.56 Å². The van der Waals surface area contributed by atoms with Crippen molar-refractivity contribution in [3.8, 4) is 5.75 Å². The number of hydrogen-bond acceptors (Lipinski definition) is 7. The number of phenols is 1. The molecule has 0 amide bonds. The summed E-state index contributed by atoms with van der Waals surface area (Å²) in [7, 11) is 1.26. The fourth-order valence-electron chi connectivity index (χ4n) is 2.48. The smallest absolute Gasteiger partial charge is 0.337 e. The number of rotatable bonds is 5. The number of H-pyrrole nitrogens is 1. The molecule has 1 aromatic heterocycles. The summed E-state index contributed by atoms with van der Waals surface area (Å²) in [6, 6.07) is 10.6. The van der Waals surface area contributed by atoms with E-state index in [2.05, 4.69) is 14.7 Å². The first kappa shape index (κ1) is 18.1. The zero-order valence-corrected chi connectivity index (χ0v) is 14.4. The number of aromatic nitrogens is 2. The number of aromatic amines is 1. The van der Waals surface area contributed by atoms with Crippen LogP contribution in [0.15, 0.2) is 47.3 Å². The van der Waals surface area contributed by atoms with Crippen LogP contribution in [0.5, 0.6) is 5.75 Å². The number of aromatic hydroxyl groups is 1. The van der Waals surface area contributed by atoms with Gasteiger partial charge in [-0.05, 0) is 35.9 Å². The molecule has 0 saturated heterocycles. The number of benzene rings is 2. The summed E-state index contributed by atoms with van der Waals surface area (Å²) in [4.78, 5) is 42.5. The van der Waals surface area contributed by atoms with Crippen LogP contribution in [0.25, 0.3) is 10.9 Å². The number of carbonyl (C=O) groups is 2. The van der Waals surface area contributed by atoms with Gasteiger partial charge in [-0.3, -0.25) is 9.59 Å². The molecule has 0 aliphatic carbocycles. The van der Waals surface area contributed by atoms with Gasteiger partial charge in [0.1, 0.15) is 18.2 Å². The number of carbonyl (C=O) groups excluding carboxylic acids is 2. The Morgan fingerprint density at radius 1 is 1.15 bits per heavy atom. The highest BCUT2D eigenvalue weighted by Crippen LogP contribution is 2.13. The molecule has 0 aliphatic heterocycles. The van der Waals surface area contributed by atoms with Crippen molar-refractivity contribution in [1.82, 2.24) is 9.97 Å². The molecule has 0 atom stereocenters. The molecule has 2 aromatic carbocycles. The van der Waals surface area contributed by atoms with E-state index in [0.29, 0.717) is 16.5 Å². The van der Waals surface area contributed by atoms with Crippen molar-refractivity contribution in [3.05, 3.63) is 69.8 Å². The number of esters is 2. The lowest BCUT2D eigenvalue weighted by Gasteiger charge is -2.06. The molecule has 0 fully saturated rings. The highest BCUT2D eigenvalue weighted by Gasteiger charge is 2.11. The van der Waals surface area contributed by atoms with E-state index < -0.39 is 17.5 Å². The second-order valence-corrected chi connectivity index (χ2v) is 5.74. The summed E-state index contributed by atoms with van der Waals surface area (Å²) in [5, 5.41) is 9.55. The lowest BCUT2D eigenvalue weighted by atomic mass is 10.1. The van der Waals surface area contributed by atoms with Gasteiger partial charge in [0.2, 0.25) is 0 Å². The monoisotopic (exact) mass is 368 g/mol. The van der Waals surface area contributed by atoms with Gasteiger partial charge in [0.05, 0.1) is 30.0 Å². The molecule has 2 N–H and O–H groups in total. The molecule has 0 radical (unpaired) electrons. The summed E-state index contributed by atoms with van der Waals surface area (Å²) in [6.07, 6.45) is 0.0184. The molecule has 0 spiro atoms. The average Bonchev–Trinajstić information content (AvgIpc) is 2.67. The number of hydrogen-bond donors (Lipinski definition) is 2. The Morgan fingerprint density at radius 2 is 1.89 bits per heavy atom. The third-order valence-electron chi connectivity index (χ3n) is 3.83. The van der Waals surface area contributed by atoms with Crippen LogP contribution in [0, 0.1) is 0 Å². The Kier molecular flexibility index (Phi) is 5.16. The molecule has 27 heavy (non-hydrogen) atoms. The summed E-state index contributed by atoms with van der Waals surface area (Å²) in [5.74, 6) is -0.780. The lowest BCUT2D eigenvalue weighted by Crippen LogP contribution is -2.15. The van der Waals surface area contributed by atoms with Gasteiger partial charge in [-0.25, -0.2) is 9.78 Å². The van der Waals surface area contributed by atoms with E-state index >= 15 is 0 Å². The van der Waals surface area contributed by atoms with Gasteiger partial charge in [-0.2, -0.15) is 0 Å². The van der Waals surface area contributed by atoms with Crippen LogP contribution < -0.4 is 5.56 Å². The molecular formula is C19H16N2O6. The SMILES string of the molecule is COC(=O)c1ccc2c(=O)[nH]c(COC(=O)Cc3ccc(O)cc3)nc2c1. The number of methoxy groups -OCH3 is 1. The number of nitrogens with zero attached hydrogens (tertiary/aromatic N) is 1. The predicted molar refractivity (Wildman–Crippen MR) is 95.3 cm³/mol. The van der Waals surface area contributed by atoms with Crippen LogP contribution in [0.3, 0.4) is 0 Å². The van der Waals surface area contributed by atoms with Crippen molar-refractivity contribution in [3.63, 3.8) is 0 Å². The minimum Gasteiger partial charge on any atom is -0.508 e. The first-order chi connectivity index (χ1) is 13.0. The van der Waals surface area contributed by atoms with Crippen molar-refractivity contribution >= 4 is 22.8 Å². The van der Waals surface area contributed by atoms with E-state index in [-0.39, 0.29) is 30.2 Å². The normalized spacial score (nSPS) is 10.6. The number of ether oxygens (including phenoxy) is 2. The van der Waals surface area contributed by atoms with Crippen molar-refractivity contribution in [2.75, 3.05) is 7.11 Å². The van der Waals surface area contributed by atoms with Gasteiger partial charge < -0.3 is 19.6 Å². The molecule has 8 heteroatoms. The molecule has 138 valence electrons. The fourth-order valence-corrected chi connectivity index (χ4v) is 2.48. The average molecular weight is 368 g/mol. The van der Waals surface area contributed by atoms with Crippen LogP contribution in [0.2, 0.25) is 0 Å². The molecule has 0 bridgehead atoms. The predicted octanol–water partition coefficient (Wildman–Crippen LogP) is 1.70. The van der Waals surface area contributed by atoms with Gasteiger partial charge >= 0.3 is 11.9 Å². The molecule has 0 saturated carbocycles. The summed E-state index contributed by atoms with van der Waals surface area (Å²) < 4.78 is 9.79. The summed E-state index contributed by atoms with van der Waals surface area (Å²) >= 11 is 0.